The van der Waals surface area contributed by atoms with E-state index >= 15 is 0 Å². The molecule has 2 heterocycles. The van der Waals surface area contributed by atoms with Gasteiger partial charge in [-0.15, -0.1) is 0 Å². The van der Waals surface area contributed by atoms with Crippen molar-refractivity contribution in [3.8, 4) is 0 Å². The van der Waals surface area contributed by atoms with E-state index in [-0.39, 0.29) is 30.4 Å². The minimum absolute atomic E-state index is 0.0142. The average molecular weight is 255 g/mol. The summed E-state index contributed by atoms with van der Waals surface area (Å²) in [6.45, 7) is 2.89. The Hall–Kier alpha value is -1.14. The fourth-order valence-electron chi connectivity index (χ4n) is 2.45. The third-order valence-corrected chi connectivity index (χ3v) is 3.50. The number of carbonyl (C=O) groups is 2. The van der Waals surface area contributed by atoms with Gasteiger partial charge in [0, 0.05) is 33.3 Å². The van der Waals surface area contributed by atoms with Gasteiger partial charge in [0.25, 0.3) is 0 Å². The lowest BCUT2D eigenvalue weighted by molar-refractivity contribution is -0.139. The summed E-state index contributed by atoms with van der Waals surface area (Å²) in [5.41, 5.74) is 0. The average Bonchev–Trinajstić information content (AvgIpc) is 2.87. The molecular weight excluding hydrogens is 234 g/mol. The van der Waals surface area contributed by atoms with E-state index in [0.717, 1.165) is 26.0 Å². The molecule has 18 heavy (non-hydrogen) atoms. The van der Waals surface area contributed by atoms with Crippen molar-refractivity contribution in [2.24, 2.45) is 0 Å². The van der Waals surface area contributed by atoms with E-state index in [4.69, 9.17) is 4.74 Å². The normalized spacial score (nSPS) is 28.5. The molecule has 6 nitrogen and oxygen atoms in total. The van der Waals surface area contributed by atoms with Crippen LogP contribution in [0, 0.1) is 0 Å². The highest BCUT2D eigenvalue weighted by atomic mass is 16.5. The molecule has 0 aromatic heterocycles. The van der Waals surface area contributed by atoms with Gasteiger partial charge in [0.1, 0.15) is 0 Å². The number of nitrogens with zero attached hydrogens (tertiary/aromatic N) is 1. The van der Waals surface area contributed by atoms with E-state index in [1.165, 1.54) is 0 Å². The summed E-state index contributed by atoms with van der Waals surface area (Å²) in [6.07, 6.45) is 2.48. The van der Waals surface area contributed by atoms with Crippen LogP contribution in [0.25, 0.3) is 0 Å². The number of hydrogen-bond donors (Lipinski definition) is 2. The lowest BCUT2D eigenvalue weighted by atomic mass is 10.1. The number of carbonyl (C=O) groups excluding carboxylic acids is 2. The monoisotopic (exact) mass is 255 g/mol. The first-order valence-electron chi connectivity index (χ1n) is 6.55. The summed E-state index contributed by atoms with van der Waals surface area (Å²) in [5.74, 6) is -0.0971. The predicted molar refractivity (Wildman–Crippen MR) is 66.0 cm³/mol. The minimum Gasteiger partial charge on any atom is -0.376 e. The molecular formula is C12H21N3O3. The smallest absolute Gasteiger partial charge is 0.240 e. The van der Waals surface area contributed by atoms with E-state index in [9.17, 15) is 9.59 Å². The fourth-order valence-corrected chi connectivity index (χ4v) is 2.45. The molecule has 2 saturated heterocycles. The van der Waals surface area contributed by atoms with Crippen molar-refractivity contribution in [1.29, 1.82) is 0 Å². The van der Waals surface area contributed by atoms with Crippen molar-refractivity contribution in [3.05, 3.63) is 0 Å². The van der Waals surface area contributed by atoms with Crippen molar-refractivity contribution < 1.29 is 14.3 Å². The van der Waals surface area contributed by atoms with Crippen LogP contribution in [0.3, 0.4) is 0 Å². The number of ether oxygens (including phenoxy) is 1. The van der Waals surface area contributed by atoms with Gasteiger partial charge in [-0.2, -0.15) is 0 Å². The summed E-state index contributed by atoms with van der Waals surface area (Å²) < 4.78 is 5.55. The maximum absolute atomic E-state index is 12.2. The molecule has 0 aromatic rings. The minimum atomic E-state index is -0.389. The van der Waals surface area contributed by atoms with E-state index in [0.29, 0.717) is 13.1 Å². The van der Waals surface area contributed by atoms with Crippen LogP contribution >= 0.6 is 0 Å². The Morgan fingerprint density at radius 2 is 2.44 bits per heavy atom. The van der Waals surface area contributed by atoms with Crippen LogP contribution in [0.4, 0.5) is 0 Å². The molecule has 2 N–H and O–H groups in total. The Kier molecular flexibility index (Phi) is 4.54. The first-order valence-corrected chi connectivity index (χ1v) is 6.55. The van der Waals surface area contributed by atoms with Crippen molar-refractivity contribution in [3.63, 3.8) is 0 Å². The van der Waals surface area contributed by atoms with Gasteiger partial charge in [0.15, 0.2) is 0 Å². The Labute approximate surface area is 107 Å². The Morgan fingerprint density at radius 1 is 1.61 bits per heavy atom. The van der Waals surface area contributed by atoms with Crippen molar-refractivity contribution in [2.45, 2.75) is 31.4 Å². The molecule has 2 aliphatic heterocycles. The molecule has 2 amide bonds. The molecule has 2 atom stereocenters. The van der Waals surface area contributed by atoms with E-state index in [2.05, 4.69) is 10.6 Å². The highest BCUT2D eigenvalue weighted by Crippen LogP contribution is 2.15. The quantitative estimate of drug-likeness (QED) is 0.683. The number of hydrogen-bond acceptors (Lipinski definition) is 4. The maximum Gasteiger partial charge on any atom is 0.240 e. The van der Waals surface area contributed by atoms with E-state index < -0.39 is 0 Å². The van der Waals surface area contributed by atoms with Crippen LogP contribution in [-0.2, 0) is 14.3 Å². The molecule has 6 heteroatoms. The molecule has 0 aliphatic carbocycles. The molecule has 2 unspecified atom stereocenters. The molecule has 102 valence electrons. The topological polar surface area (TPSA) is 70.7 Å². The van der Waals surface area contributed by atoms with Gasteiger partial charge in [-0.1, -0.05) is 0 Å². The van der Waals surface area contributed by atoms with Gasteiger partial charge in [0.05, 0.1) is 18.6 Å². The molecule has 0 saturated carbocycles. The van der Waals surface area contributed by atoms with Gasteiger partial charge in [-0.3, -0.25) is 9.59 Å². The van der Waals surface area contributed by atoms with Crippen LogP contribution in [0.15, 0.2) is 0 Å². The van der Waals surface area contributed by atoms with E-state index in [1.807, 2.05) is 4.90 Å². The van der Waals surface area contributed by atoms with Crippen LogP contribution in [0.1, 0.15) is 19.3 Å². The first-order chi connectivity index (χ1) is 8.70. The highest BCUT2D eigenvalue weighted by Gasteiger charge is 2.31. The summed E-state index contributed by atoms with van der Waals surface area (Å²) in [6, 6.07) is -0.389. The zero-order chi connectivity index (χ0) is 13.0. The summed E-state index contributed by atoms with van der Waals surface area (Å²) in [5, 5.41) is 5.64. The maximum atomic E-state index is 12.2. The molecule has 2 fully saturated rings. The van der Waals surface area contributed by atoms with Crippen LogP contribution in [0.2, 0.25) is 0 Å². The highest BCUT2D eigenvalue weighted by molar-refractivity contribution is 5.88. The van der Waals surface area contributed by atoms with Crippen LogP contribution in [-0.4, -0.2) is 62.1 Å². The third-order valence-electron chi connectivity index (χ3n) is 3.50. The zero-order valence-corrected chi connectivity index (χ0v) is 10.8. The van der Waals surface area contributed by atoms with Crippen molar-refractivity contribution in [1.82, 2.24) is 15.5 Å². The molecule has 0 aromatic carbocycles. The lowest BCUT2D eigenvalue weighted by Gasteiger charge is -2.34. The molecule has 2 rings (SSSR count). The number of piperazine rings is 1. The van der Waals surface area contributed by atoms with Crippen molar-refractivity contribution >= 4 is 11.8 Å². The SMILES string of the molecule is CNC(=O)CC1NCCN(CC2CCCO2)C1=O. The predicted octanol–water partition coefficient (Wildman–Crippen LogP) is -0.898. The fraction of sp³-hybridized carbons (Fsp3) is 0.833. The standard InChI is InChI=1S/C12H21N3O3/c1-13-11(16)7-10-12(17)15(5-4-14-10)8-9-3-2-6-18-9/h9-10,14H,2-8H2,1H3,(H,13,16). The Morgan fingerprint density at radius 3 is 3.11 bits per heavy atom. The third kappa shape index (κ3) is 3.20. The second-order valence-electron chi connectivity index (χ2n) is 4.80. The number of nitrogens with one attached hydrogen (secondary N) is 2. The molecule has 0 bridgehead atoms. The zero-order valence-electron chi connectivity index (χ0n) is 10.8. The van der Waals surface area contributed by atoms with Gasteiger partial charge >= 0.3 is 0 Å². The summed E-state index contributed by atoms with van der Waals surface area (Å²) in [4.78, 5) is 25.3. The summed E-state index contributed by atoms with van der Waals surface area (Å²) in [7, 11) is 1.58. The Bertz CT molecular complexity index is 316. The van der Waals surface area contributed by atoms with Gasteiger partial charge in [-0.25, -0.2) is 0 Å². The molecule has 0 radical (unpaired) electrons. The first kappa shape index (κ1) is 13.3. The van der Waals surface area contributed by atoms with Gasteiger partial charge in [0.2, 0.25) is 11.8 Å². The second-order valence-corrected chi connectivity index (χ2v) is 4.80. The van der Waals surface area contributed by atoms with Crippen LogP contribution < -0.4 is 10.6 Å². The Balaban J connectivity index is 1.87. The summed E-state index contributed by atoms with van der Waals surface area (Å²) >= 11 is 0. The van der Waals surface area contributed by atoms with Crippen molar-refractivity contribution in [2.75, 3.05) is 33.3 Å². The van der Waals surface area contributed by atoms with Gasteiger partial charge < -0.3 is 20.3 Å². The van der Waals surface area contributed by atoms with E-state index in [1.54, 1.807) is 7.05 Å². The van der Waals surface area contributed by atoms with Crippen LogP contribution in [0.5, 0.6) is 0 Å². The number of rotatable bonds is 4. The molecule has 2 aliphatic rings. The molecule has 0 spiro atoms. The number of amides is 2. The second kappa shape index (κ2) is 6.15. The lowest BCUT2D eigenvalue weighted by Crippen LogP contribution is -2.57. The largest absolute Gasteiger partial charge is 0.376 e. The van der Waals surface area contributed by atoms with Gasteiger partial charge in [-0.05, 0) is 12.8 Å².